The van der Waals surface area contributed by atoms with Gasteiger partial charge in [-0.05, 0) is 40.0 Å². The first-order valence-electron chi connectivity index (χ1n) is 8.31. The predicted molar refractivity (Wildman–Crippen MR) is 85.8 cm³/mol. The number of nitrogens with one attached hydrogen (secondary N) is 1. The summed E-state index contributed by atoms with van der Waals surface area (Å²) in [7, 11) is 1.70. The molecule has 4 atom stereocenters. The topological polar surface area (TPSA) is 76.8 Å². The van der Waals surface area contributed by atoms with Crippen molar-refractivity contribution in [3.8, 4) is 0 Å². The van der Waals surface area contributed by atoms with Gasteiger partial charge in [0.05, 0.1) is 18.7 Å². The van der Waals surface area contributed by atoms with E-state index in [9.17, 15) is 4.79 Å². The van der Waals surface area contributed by atoms with E-state index in [1.165, 1.54) is 6.42 Å². The second kappa shape index (κ2) is 7.15. The Morgan fingerprint density at radius 3 is 2.59 bits per heavy atom. The summed E-state index contributed by atoms with van der Waals surface area (Å²) in [6.45, 7) is 6.84. The molecule has 6 heteroatoms. The molecule has 128 valence electrons. The second-order valence-corrected chi connectivity index (χ2v) is 7.56. The summed E-state index contributed by atoms with van der Waals surface area (Å²) in [4.78, 5) is 13.9. The summed E-state index contributed by atoms with van der Waals surface area (Å²) in [6, 6.07) is 0.855. The highest BCUT2D eigenvalue weighted by Crippen LogP contribution is 2.22. The molecule has 3 unspecified atom stereocenters. The standard InChI is InChI=1S/C16H31N3O3/c1-16(2,3)22-15(20)19-9-13(14(10-19)21-4)18-12-7-5-6-11(17)8-12/h11-14,18H,5-10,17H2,1-4H3/t11?,12?,13?,14-/m0/s1. The predicted octanol–water partition coefficient (Wildman–Crippen LogP) is 1.48. The van der Waals surface area contributed by atoms with Gasteiger partial charge >= 0.3 is 6.09 Å². The molecule has 2 rings (SSSR count). The van der Waals surface area contributed by atoms with Crippen molar-refractivity contribution in [2.24, 2.45) is 5.73 Å². The zero-order chi connectivity index (χ0) is 16.3. The smallest absolute Gasteiger partial charge is 0.410 e. The van der Waals surface area contributed by atoms with Crippen molar-refractivity contribution in [1.29, 1.82) is 0 Å². The van der Waals surface area contributed by atoms with Crippen LogP contribution in [0.5, 0.6) is 0 Å². The molecule has 0 radical (unpaired) electrons. The first kappa shape index (κ1) is 17.5. The third-order valence-electron chi connectivity index (χ3n) is 4.39. The molecule has 1 aliphatic heterocycles. The molecule has 1 saturated heterocycles. The van der Waals surface area contributed by atoms with Crippen LogP contribution >= 0.6 is 0 Å². The van der Waals surface area contributed by atoms with Crippen LogP contribution in [0, 0.1) is 0 Å². The zero-order valence-corrected chi connectivity index (χ0v) is 14.3. The minimum absolute atomic E-state index is 0.00525. The Morgan fingerprint density at radius 2 is 2.00 bits per heavy atom. The average molecular weight is 313 g/mol. The van der Waals surface area contributed by atoms with Crippen LogP contribution in [-0.4, -0.2) is 61.0 Å². The van der Waals surface area contributed by atoms with Crippen LogP contribution < -0.4 is 11.1 Å². The Labute approximate surface area is 133 Å². The number of carbonyl (C=O) groups is 1. The van der Waals surface area contributed by atoms with Gasteiger partial charge in [0, 0.05) is 25.7 Å². The van der Waals surface area contributed by atoms with Gasteiger partial charge in [-0.15, -0.1) is 0 Å². The molecule has 22 heavy (non-hydrogen) atoms. The Kier molecular flexibility index (Phi) is 5.69. The number of ether oxygens (including phenoxy) is 2. The number of likely N-dealkylation sites (tertiary alicyclic amines) is 1. The molecule has 0 spiro atoms. The van der Waals surface area contributed by atoms with Crippen LogP contribution in [0.4, 0.5) is 4.79 Å². The van der Waals surface area contributed by atoms with Crippen LogP contribution in [0.3, 0.4) is 0 Å². The number of amides is 1. The molecule has 6 nitrogen and oxygen atoms in total. The number of methoxy groups -OCH3 is 1. The van der Waals surface area contributed by atoms with Crippen molar-refractivity contribution in [3.05, 3.63) is 0 Å². The largest absolute Gasteiger partial charge is 0.444 e. The summed E-state index contributed by atoms with van der Waals surface area (Å²) >= 11 is 0. The van der Waals surface area contributed by atoms with Gasteiger partial charge in [-0.1, -0.05) is 6.42 Å². The van der Waals surface area contributed by atoms with Crippen LogP contribution in [0.25, 0.3) is 0 Å². The Morgan fingerprint density at radius 1 is 1.27 bits per heavy atom. The van der Waals surface area contributed by atoms with Crippen molar-refractivity contribution < 1.29 is 14.3 Å². The van der Waals surface area contributed by atoms with Gasteiger partial charge in [-0.3, -0.25) is 0 Å². The third-order valence-corrected chi connectivity index (χ3v) is 4.39. The molecule has 1 aliphatic carbocycles. The normalized spacial score (nSPS) is 33.0. The second-order valence-electron chi connectivity index (χ2n) is 7.56. The van der Waals surface area contributed by atoms with Gasteiger partial charge in [0.1, 0.15) is 5.60 Å². The lowest BCUT2D eigenvalue weighted by Crippen LogP contribution is -2.49. The Hall–Kier alpha value is -0.850. The van der Waals surface area contributed by atoms with E-state index in [1.807, 2.05) is 20.8 Å². The molecule has 1 heterocycles. The fourth-order valence-corrected chi connectivity index (χ4v) is 3.33. The Balaban J connectivity index is 1.90. The van der Waals surface area contributed by atoms with Crippen LogP contribution in [0.1, 0.15) is 46.5 Å². The maximum absolute atomic E-state index is 12.2. The van der Waals surface area contributed by atoms with E-state index < -0.39 is 5.60 Å². The van der Waals surface area contributed by atoms with Gasteiger partial charge < -0.3 is 25.4 Å². The Bertz CT molecular complexity index is 383. The van der Waals surface area contributed by atoms with Gasteiger partial charge in [0.2, 0.25) is 0 Å². The fourth-order valence-electron chi connectivity index (χ4n) is 3.33. The highest BCUT2D eigenvalue weighted by atomic mass is 16.6. The van der Waals surface area contributed by atoms with Crippen molar-refractivity contribution in [2.75, 3.05) is 20.2 Å². The monoisotopic (exact) mass is 313 g/mol. The highest BCUT2D eigenvalue weighted by Gasteiger charge is 2.38. The van der Waals surface area contributed by atoms with Gasteiger partial charge in [-0.25, -0.2) is 4.79 Å². The number of carbonyl (C=O) groups excluding carboxylic acids is 1. The average Bonchev–Trinajstić information content (AvgIpc) is 2.80. The molecule has 0 aromatic carbocycles. The van der Waals surface area contributed by atoms with E-state index in [2.05, 4.69) is 5.32 Å². The third kappa shape index (κ3) is 4.83. The molecule has 1 saturated carbocycles. The molecule has 0 aromatic heterocycles. The first-order chi connectivity index (χ1) is 10.3. The van der Waals surface area contributed by atoms with Crippen LogP contribution in [-0.2, 0) is 9.47 Å². The molecule has 2 aliphatic rings. The summed E-state index contributed by atoms with van der Waals surface area (Å²) in [5.74, 6) is 0. The lowest BCUT2D eigenvalue weighted by Gasteiger charge is -2.31. The quantitative estimate of drug-likeness (QED) is 0.825. The van der Waals surface area contributed by atoms with Crippen LogP contribution in [0.2, 0.25) is 0 Å². The van der Waals surface area contributed by atoms with E-state index in [-0.39, 0.29) is 24.3 Å². The molecule has 2 fully saturated rings. The number of nitrogens with two attached hydrogens (primary N) is 1. The zero-order valence-electron chi connectivity index (χ0n) is 14.3. The lowest BCUT2D eigenvalue weighted by molar-refractivity contribution is 0.0252. The summed E-state index contributed by atoms with van der Waals surface area (Å²) in [5.41, 5.74) is 5.58. The summed E-state index contributed by atoms with van der Waals surface area (Å²) < 4.78 is 11.0. The summed E-state index contributed by atoms with van der Waals surface area (Å²) in [6.07, 6.45) is 4.16. The molecule has 1 amide bonds. The van der Waals surface area contributed by atoms with Gasteiger partial charge in [0.25, 0.3) is 0 Å². The van der Waals surface area contributed by atoms with E-state index >= 15 is 0 Å². The van der Waals surface area contributed by atoms with Crippen molar-refractivity contribution in [1.82, 2.24) is 10.2 Å². The number of hydrogen-bond donors (Lipinski definition) is 2. The number of hydrogen-bond acceptors (Lipinski definition) is 5. The van der Waals surface area contributed by atoms with E-state index in [4.69, 9.17) is 15.2 Å². The van der Waals surface area contributed by atoms with Crippen molar-refractivity contribution in [3.63, 3.8) is 0 Å². The summed E-state index contributed by atoms with van der Waals surface area (Å²) in [5, 5.41) is 3.64. The van der Waals surface area contributed by atoms with E-state index in [0.717, 1.165) is 19.3 Å². The van der Waals surface area contributed by atoms with Gasteiger partial charge in [0.15, 0.2) is 0 Å². The number of nitrogens with zero attached hydrogens (tertiary/aromatic N) is 1. The maximum Gasteiger partial charge on any atom is 0.410 e. The first-order valence-corrected chi connectivity index (χ1v) is 8.31. The maximum atomic E-state index is 12.2. The minimum atomic E-state index is -0.471. The SMILES string of the molecule is CO[C@H]1CN(C(=O)OC(C)(C)C)CC1NC1CCCC(N)C1. The molecule has 0 bridgehead atoms. The van der Waals surface area contributed by atoms with Crippen molar-refractivity contribution in [2.45, 2.75) is 76.3 Å². The molecule has 3 N–H and O–H groups in total. The highest BCUT2D eigenvalue weighted by molar-refractivity contribution is 5.68. The molecule has 0 aromatic rings. The van der Waals surface area contributed by atoms with Gasteiger partial charge in [-0.2, -0.15) is 0 Å². The number of rotatable bonds is 3. The van der Waals surface area contributed by atoms with E-state index in [1.54, 1.807) is 12.0 Å². The van der Waals surface area contributed by atoms with E-state index in [0.29, 0.717) is 19.1 Å². The van der Waals surface area contributed by atoms with Crippen molar-refractivity contribution >= 4 is 6.09 Å². The minimum Gasteiger partial charge on any atom is -0.444 e. The molecular formula is C16H31N3O3. The molecular weight excluding hydrogens is 282 g/mol. The van der Waals surface area contributed by atoms with Crippen LogP contribution in [0.15, 0.2) is 0 Å². The lowest BCUT2D eigenvalue weighted by atomic mass is 9.91. The fraction of sp³-hybridized carbons (Fsp3) is 0.938.